The molecular formula is C26H27N3O4. The number of nitrogens with one attached hydrogen (secondary N) is 2. The molecular weight excluding hydrogens is 418 g/mol. The normalized spacial score (nSPS) is 13.4. The van der Waals surface area contributed by atoms with E-state index in [2.05, 4.69) is 15.6 Å². The first-order valence-corrected chi connectivity index (χ1v) is 11.1. The molecule has 1 saturated carbocycles. The lowest BCUT2D eigenvalue weighted by atomic mass is 10.1. The number of hydrogen-bond acceptors (Lipinski definition) is 5. The van der Waals surface area contributed by atoms with Gasteiger partial charge in [-0.05, 0) is 74.2 Å². The van der Waals surface area contributed by atoms with Crippen LogP contribution >= 0.6 is 0 Å². The van der Waals surface area contributed by atoms with Crippen molar-refractivity contribution < 1.29 is 19.1 Å². The summed E-state index contributed by atoms with van der Waals surface area (Å²) in [5.41, 5.74) is 2.18. The Morgan fingerprint density at radius 1 is 0.939 bits per heavy atom. The number of aromatic nitrogens is 1. The molecule has 0 unspecified atom stereocenters. The van der Waals surface area contributed by atoms with Gasteiger partial charge in [0, 0.05) is 23.0 Å². The maximum Gasteiger partial charge on any atom is 0.255 e. The molecule has 2 amide bonds. The summed E-state index contributed by atoms with van der Waals surface area (Å²) in [5, 5.41) is 5.68. The van der Waals surface area contributed by atoms with Gasteiger partial charge in [0.05, 0.1) is 25.5 Å². The van der Waals surface area contributed by atoms with Crippen LogP contribution in [0.5, 0.6) is 11.5 Å². The molecule has 2 N–H and O–H groups in total. The molecule has 7 nitrogen and oxygen atoms in total. The molecule has 0 aliphatic heterocycles. The number of carbonyl (C=O) groups excluding carboxylic acids is 2. The summed E-state index contributed by atoms with van der Waals surface area (Å²) < 4.78 is 11.5. The fourth-order valence-electron chi connectivity index (χ4n) is 3.81. The van der Waals surface area contributed by atoms with Crippen molar-refractivity contribution in [3.8, 4) is 11.5 Å². The third-order valence-electron chi connectivity index (χ3n) is 5.56. The molecule has 1 aliphatic rings. The summed E-state index contributed by atoms with van der Waals surface area (Å²) in [5.74, 6) is 0.628. The zero-order valence-electron chi connectivity index (χ0n) is 18.5. The highest BCUT2D eigenvalue weighted by Crippen LogP contribution is 2.32. The highest BCUT2D eigenvalue weighted by atomic mass is 16.5. The van der Waals surface area contributed by atoms with Crippen molar-refractivity contribution in [2.24, 2.45) is 0 Å². The van der Waals surface area contributed by atoms with Crippen LogP contribution in [0.4, 0.5) is 5.69 Å². The summed E-state index contributed by atoms with van der Waals surface area (Å²) in [6.45, 7) is 0.325. The van der Waals surface area contributed by atoms with E-state index in [9.17, 15) is 9.59 Å². The van der Waals surface area contributed by atoms with Crippen LogP contribution in [0, 0.1) is 0 Å². The Morgan fingerprint density at radius 2 is 1.76 bits per heavy atom. The maximum absolute atomic E-state index is 12.8. The molecule has 1 aliphatic carbocycles. The van der Waals surface area contributed by atoms with Gasteiger partial charge in [0.1, 0.15) is 0 Å². The van der Waals surface area contributed by atoms with Gasteiger partial charge in [-0.2, -0.15) is 0 Å². The Kier molecular flexibility index (Phi) is 7.19. The van der Waals surface area contributed by atoms with E-state index in [1.165, 1.54) is 12.8 Å². The van der Waals surface area contributed by atoms with Gasteiger partial charge in [-0.25, -0.2) is 0 Å². The topological polar surface area (TPSA) is 89.5 Å². The number of rotatable bonds is 8. The Hall–Kier alpha value is -3.87. The molecule has 1 aromatic heterocycles. The minimum absolute atomic E-state index is 0.199. The SMILES string of the molecule is COc1cc(C(=O)Nc2cccc(C(=O)NCc3ccccn3)c2)ccc1OC1CCCC1. The van der Waals surface area contributed by atoms with E-state index in [-0.39, 0.29) is 17.9 Å². The van der Waals surface area contributed by atoms with Crippen LogP contribution in [0.3, 0.4) is 0 Å². The smallest absolute Gasteiger partial charge is 0.255 e. The zero-order chi connectivity index (χ0) is 23.0. The first-order valence-electron chi connectivity index (χ1n) is 11.1. The molecule has 1 fully saturated rings. The summed E-state index contributed by atoms with van der Waals surface area (Å²) in [6, 6.07) is 17.5. The van der Waals surface area contributed by atoms with Crippen molar-refractivity contribution in [3.63, 3.8) is 0 Å². The van der Waals surface area contributed by atoms with E-state index < -0.39 is 0 Å². The van der Waals surface area contributed by atoms with Crippen molar-refractivity contribution in [1.29, 1.82) is 0 Å². The maximum atomic E-state index is 12.8. The predicted octanol–water partition coefficient (Wildman–Crippen LogP) is 4.59. The van der Waals surface area contributed by atoms with Crippen molar-refractivity contribution in [2.75, 3.05) is 12.4 Å². The standard InChI is InChI=1S/C26H27N3O4/c1-32-24-16-19(12-13-23(24)33-22-10-2-3-11-22)26(31)29-20-9-6-7-18(15-20)25(30)28-17-21-8-4-5-14-27-21/h4-9,12-16,22H,2-3,10-11,17H2,1H3,(H,28,30)(H,29,31). The monoisotopic (exact) mass is 445 g/mol. The second-order valence-electron chi connectivity index (χ2n) is 7.93. The third-order valence-corrected chi connectivity index (χ3v) is 5.56. The number of hydrogen-bond donors (Lipinski definition) is 2. The van der Waals surface area contributed by atoms with E-state index in [1.54, 1.807) is 55.8 Å². The third kappa shape index (κ3) is 5.88. The summed E-state index contributed by atoms with van der Waals surface area (Å²) in [6.07, 6.45) is 6.31. The molecule has 0 atom stereocenters. The van der Waals surface area contributed by atoms with E-state index in [0.29, 0.717) is 34.9 Å². The van der Waals surface area contributed by atoms with E-state index in [0.717, 1.165) is 18.5 Å². The van der Waals surface area contributed by atoms with Gasteiger partial charge in [-0.1, -0.05) is 12.1 Å². The Labute approximate surface area is 193 Å². The van der Waals surface area contributed by atoms with Crippen LogP contribution in [0.15, 0.2) is 66.9 Å². The first kappa shape index (κ1) is 22.3. The van der Waals surface area contributed by atoms with Gasteiger partial charge >= 0.3 is 0 Å². The van der Waals surface area contributed by atoms with Crippen molar-refractivity contribution in [2.45, 2.75) is 38.3 Å². The lowest BCUT2D eigenvalue weighted by Gasteiger charge is -2.16. The lowest BCUT2D eigenvalue weighted by molar-refractivity contribution is 0.0949. The number of benzene rings is 2. The number of anilines is 1. The fourth-order valence-corrected chi connectivity index (χ4v) is 3.81. The van der Waals surface area contributed by atoms with Crippen molar-refractivity contribution in [3.05, 3.63) is 83.7 Å². The minimum Gasteiger partial charge on any atom is -0.493 e. The molecule has 0 bridgehead atoms. The van der Waals surface area contributed by atoms with Gasteiger partial charge < -0.3 is 20.1 Å². The number of pyridine rings is 1. The van der Waals surface area contributed by atoms with Crippen LogP contribution < -0.4 is 20.1 Å². The molecule has 33 heavy (non-hydrogen) atoms. The highest BCUT2D eigenvalue weighted by Gasteiger charge is 2.19. The van der Waals surface area contributed by atoms with Crippen LogP contribution in [0.2, 0.25) is 0 Å². The number of methoxy groups -OCH3 is 1. The predicted molar refractivity (Wildman–Crippen MR) is 126 cm³/mol. The average molecular weight is 446 g/mol. The lowest BCUT2D eigenvalue weighted by Crippen LogP contribution is -2.23. The summed E-state index contributed by atoms with van der Waals surface area (Å²) in [4.78, 5) is 29.5. The number of ether oxygens (including phenoxy) is 2. The second-order valence-corrected chi connectivity index (χ2v) is 7.93. The van der Waals surface area contributed by atoms with E-state index in [4.69, 9.17) is 9.47 Å². The molecule has 0 radical (unpaired) electrons. The van der Waals surface area contributed by atoms with Crippen molar-refractivity contribution >= 4 is 17.5 Å². The average Bonchev–Trinajstić information content (AvgIpc) is 3.36. The largest absolute Gasteiger partial charge is 0.493 e. The van der Waals surface area contributed by atoms with Crippen LogP contribution in [-0.4, -0.2) is 30.0 Å². The fraction of sp³-hybridized carbons (Fsp3) is 0.269. The Morgan fingerprint density at radius 3 is 2.52 bits per heavy atom. The second kappa shape index (κ2) is 10.6. The van der Waals surface area contributed by atoms with Crippen LogP contribution in [0.1, 0.15) is 52.1 Å². The summed E-state index contributed by atoms with van der Waals surface area (Å²) >= 11 is 0. The quantitative estimate of drug-likeness (QED) is 0.529. The van der Waals surface area contributed by atoms with E-state index in [1.807, 2.05) is 18.2 Å². The Bertz CT molecular complexity index is 1110. The van der Waals surface area contributed by atoms with Gasteiger partial charge in [0.15, 0.2) is 11.5 Å². The number of amides is 2. The van der Waals surface area contributed by atoms with Crippen LogP contribution in [0.25, 0.3) is 0 Å². The molecule has 3 aromatic rings. The Balaban J connectivity index is 1.40. The van der Waals surface area contributed by atoms with Gasteiger partial charge in [0.25, 0.3) is 11.8 Å². The molecule has 1 heterocycles. The molecule has 0 saturated heterocycles. The van der Waals surface area contributed by atoms with Crippen LogP contribution in [-0.2, 0) is 6.54 Å². The number of nitrogens with zero attached hydrogens (tertiary/aromatic N) is 1. The number of carbonyl (C=O) groups is 2. The zero-order valence-corrected chi connectivity index (χ0v) is 18.5. The van der Waals surface area contributed by atoms with E-state index >= 15 is 0 Å². The molecule has 7 heteroatoms. The summed E-state index contributed by atoms with van der Waals surface area (Å²) in [7, 11) is 1.56. The highest BCUT2D eigenvalue weighted by molar-refractivity contribution is 6.05. The molecule has 2 aromatic carbocycles. The molecule has 170 valence electrons. The van der Waals surface area contributed by atoms with Gasteiger partial charge in [0.2, 0.25) is 0 Å². The minimum atomic E-state index is -0.299. The first-order chi connectivity index (χ1) is 16.1. The van der Waals surface area contributed by atoms with Gasteiger partial charge in [-0.3, -0.25) is 14.6 Å². The molecule has 4 rings (SSSR count). The van der Waals surface area contributed by atoms with Crippen molar-refractivity contribution in [1.82, 2.24) is 10.3 Å². The van der Waals surface area contributed by atoms with Gasteiger partial charge in [-0.15, -0.1) is 0 Å². The molecule has 0 spiro atoms.